The zero-order chi connectivity index (χ0) is 11.5. The van der Waals surface area contributed by atoms with Crippen molar-refractivity contribution in [3.63, 3.8) is 0 Å². The molecule has 2 rings (SSSR count). The van der Waals surface area contributed by atoms with E-state index in [0.29, 0.717) is 16.5 Å². The minimum Gasteiger partial charge on any atom is -0.340 e. The van der Waals surface area contributed by atoms with Gasteiger partial charge in [0.05, 0.1) is 6.33 Å². The average molecular weight is 237 g/mol. The Kier molecular flexibility index (Phi) is 2.87. The highest BCUT2D eigenvalue weighted by molar-refractivity contribution is 6.30. The molecule has 16 heavy (non-hydrogen) atoms. The fraction of sp³-hybridized carbons (Fsp3) is 0.100. The fourth-order valence-corrected chi connectivity index (χ4v) is 1.34. The van der Waals surface area contributed by atoms with Crippen molar-refractivity contribution in [2.45, 2.75) is 0 Å². The number of nitrogens with one attached hydrogen (secondary N) is 1. The van der Waals surface area contributed by atoms with Gasteiger partial charge in [-0.1, -0.05) is 11.6 Å². The molecular weight excluding hydrogens is 228 g/mol. The summed E-state index contributed by atoms with van der Waals surface area (Å²) in [6.07, 6.45) is 4.70. The molecule has 0 saturated carbocycles. The summed E-state index contributed by atoms with van der Waals surface area (Å²) < 4.78 is 1.69. The lowest BCUT2D eigenvalue weighted by atomic mass is 10.4. The molecule has 0 saturated heterocycles. The van der Waals surface area contributed by atoms with Gasteiger partial charge in [-0.05, 0) is 12.1 Å². The Morgan fingerprint density at radius 1 is 1.50 bits per heavy atom. The number of rotatable bonds is 2. The molecule has 0 aliphatic rings. The summed E-state index contributed by atoms with van der Waals surface area (Å²) >= 11 is 5.77. The molecule has 0 spiro atoms. The van der Waals surface area contributed by atoms with E-state index in [1.807, 2.05) is 0 Å². The summed E-state index contributed by atoms with van der Waals surface area (Å²) in [5.74, 6) is 0.0959. The Morgan fingerprint density at radius 2 is 2.31 bits per heavy atom. The minimum absolute atomic E-state index is 0.310. The number of halogens is 1. The summed E-state index contributed by atoms with van der Waals surface area (Å²) in [6.45, 7) is 0. The van der Waals surface area contributed by atoms with Crippen LogP contribution in [0.4, 0.5) is 5.82 Å². The van der Waals surface area contributed by atoms with Crippen LogP contribution in [0.15, 0.2) is 30.9 Å². The number of amides is 1. The molecule has 2 heterocycles. The van der Waals surface area contributed by atoms with Crippen LogP contribution in [0.25, 0.3) is 0 Å². The molecule has 0 aliphatic heterocycles. The minimum atomic E-state index is -0.310. The first-order valence-electron chi connectivity index (χ1n) is 4.56. The first-order chi connectivity index (χ1) is 7.65. The predicted molar refractivity (Wildman–Crippen MR) is 60.4 cm³/mol. The van der Waals surface area contributed by atoms with Crippen molar-refractivity contribution < 1.29 is 4.79 Å². The number of aryl methyl sites for hydroxylation is 1. The molecular formula is C10H9ClN4O. The van der Waals surface area contributed by atoms with Crippen LogP contribution in [0.2, 0.25) is 5.02 Å². The second-order valence-corrected chi connectivity index (χ2v) is 3.67. The van der Waals surface area contributed by atoms with Crippen LogP contribution in [0.3, 0.4) is 0 Å². The van der Waals surface area contributed by atoms with Crippen LogP contribution in [0, 0.1) is 0 Å². The Bertz CT molecular complexity index is 523. The van der Waals surface area contributed by atoms with Crippen molar-refractivity contribution in [1.82, 2.24) is 14.5 Å². The smallest absolute Gasteiger partial charge is 0.276 e. The molecule has 2 aromatic heterocycles. The lowest BCUT2D eigenvalue weighted by Gasteiger charge is -2.01. The van der Waals surface area contributed by atoms with Gasteiger partial charge in [-0.3, -0.25) is 4.79 Å². The third-order valence-corrected chi connectivity index (χ3v) is 2.14. The van der Waals surface area contributed by atoms with E-state index in [1.54, 1.807) is 36.3 Å². The van der Waals surface area contributed by atoms with E-state index in [4.69, 9.17) is 11.6 Å². The first-order valence-corrected chi connectivity index (χ1v) is 4.94. The van der Waals surface area contributed by atoms with Gasteiger partial charge in [0.25, 0.3) is 5.91 Å². The molecule has 0 aliphatic carbocycles. The highest BCUT2D eigenvalue weighted by Gasteiger charge is 2.09. The molecule has 82 valence electrons. The van der Waals surface area contributed by atoms with Crippen LogP contribution < -0.4 is 5.32 Å². The highest BCUT2D eigenvalue weighted by Crippen LogP contribution is 2.12. The van der Waals surface area contributed by atoms with E-state index < -0.39 is 0 Å². The molecule has 6 heteroatoms. The quantitative estimate of drug-likeness (QED) is 0.864. The van der Waals surface area contributed by atoms with Gasteiger partial charge in [0.2, 0.25) is 0 Å². The van der Waals surface area contributed by atoms with Gasteiger partial charge in [-0.2, -0.15) is 0 Å². The van der Waals surface area contributed by atoms with Crippen LogP contribution in [0.1, 0.15) is 10.5 Å². The molecule has 0 aromatic carbocycles. The lowest BCUT2D eigenvalue weighted by molar-refractivity contribution is 0.102. The van der Waals surface area contributed by atoms with E-state index in [1.165, 1.54) is 6.20 Å². The maximum absolute atomic E-state index is 11.7. The van der Waals surface area contributed by atoms with E-state index in [-0.39, 0.29) is 5.91 Å². The molecule has 0 bridgehead atoms. The topological polar surface area (TPSA) is 59.8 Å². The fourth-order valence-electron chi connectivity index (χ4n) is 1.18. The van der Waals surface area contributed by atoms with Crippen LogP contribution in [0.5, 0.6) is 0 Å². The zero-order valence-electron chi connectivity index (χ0n) is 8.51. The number of imidazole rings is 1. The summed E-state index contributed by atoms with van der Waals surface area (Å²) in [7, 11) is 1.79. The first kappa shape index (κ1) is 10.6. The van der Waals surface area contributed by atoms with Gasteiger partial charge in [0, 0.05) is 24.5 Å². The lowest BCUT2D eigenvalue weighted by Crippen LogP contribution is -2.13. The molecule has 1 N–H and O–H groups in total. The van der Waals surface area contributed by atoms with Crippen molar-refractivity contribution >= 4 is 23.3 Å². The van der Waals surface area contributed by atoms with Crippen molar-refractivity contribution in [2.24, 2.45) is 7.05 Å². The van der Waals surface area contributed by atoms with Gasteiger partial charge < -0.3 is 9.88 Å². The number of hydrogen-bond donors (Lipinski definition) is 1. The van der Waals surface area contributed by atoms with Crippen LogP contribution >= 0.6 is 11.6 Å². The van der Waals surface area contributed by atoms with Crippen LogP contribution in [-0.2, 0) is 7.05 Å². The molecule has 0 radical (unpaired) electrons. The number of anilines is 1. The SMILES string of the molecule is Cn1cnc(C(=O)Nc2cc(Cl)ccn2)c1. The molecule has 0 atom stereocenters. The Labute approximate surface area is 97.1 Å². The van der Waals surface area contributed by atoms with Crippen LogP contribution in [-0.4, -0.2) is 20.4 Å². The van der Waals surface area contributed by atoms with Gasteiger partial charge >= 0.3 is 0 Å². The molecule has 1 amide bonds. The number of nitrogens with zero attached hydrogens (tertiary/aromatic N) is 3. The van der Waals surface area contributed by atoms with Crippen molar-refractivity contribution in [2.75, 3.05) is 5.32 Å². The summed E-state index contributed by atoms with van der Waals surface area (Å²) in [6, 6.07) is 3.21. The maximum Gasteiger partial charge on any atom is 0.276 e. The predicted octanol–water partition coefficient (Wildman–Crippen LogP) is 1.72. The Balaban J connectivity index is 2.13. The number of hydrogen-bond acceptors (Lipinski definition) is 3. The van der Waals surface area contributed by atoms with Crippen molar-refractivity contribution in [3.05, 3.63) is 41.6 Å². The normalized spacial score (nSPS) is 10.1. The number of carbonyl (C=O) groups is 1. The number of carbonyl (C=O) groups excluding carboxylic acids is 1. The average Bonchev–Trinajstić information content (AvgIpc) is 2.65. The van der Waals surface area contributed by atoms with Crippen molar-refractivity contribution in [1.29, 1.82) is 0 Å². The second-order valence-electron chi connectivity index (χ2n) is 3.24. The standard InChI is InChI=1S/C10H9ClN4O/c1-15-5-8(13-6-15)10(16)14-9-4-7(11)2-3-12-9/h2-6H,1H3,(H,12,14,16). The Hall–Kier alpha value is -1.88. The summed E-state index contributed by atoms with van der Waals surface area (Å²) in [4.78, 5) is 19.6. The van der Waals surface area contributed by atoms with E-state index in [2.05, 4.69) is 15.3 Å². The molecule has 0 unspecified atom stereocenters. The highest BCUT2D eigenvalue weighted by atomic mass is 35.5. The number of aromatic nitrogens is 3. The van der Waals surface area contributed by atoms with Crippen molar-refractivity contribution in [3.8, 4) is 0 Å². The number of pyridine rings is 1. The van der Waals surface area contributed by atoms with E-state index in [0.717, 1.165) is 0 Å². The Morgan fingerprint density at radius 3 is 2.94 bits per heavy atom. The third-order valence-electron chi connectivity index (χ3n) is 1.90. The summed E-state index contributed by atoms with van der Waals surface area (Å²) in [5, 5.41) is 3.12. The monoisotopic (exact) mass is 236 g/mol. The maximum atomic E-state index is 11.7. The largest absolute Gasteiger partial charge is 0.340 e. The van der Waals surface area contributed by atoms with Gasteiger partial charge in [-0.15, -0.1) is 0 Å². The molecule has 0 fully saturated rings. The summed E-state index contributed by atoms with van der Waals surface area (Å²) in [5.41, 5.74) is 0.337. The third kappa shape index (κ3) is 2.38. The van der Waals surface area contributed by atoms with Gasteiger partial charge in [0.1, 0.15) is 11.5 Å². The van der Waals surface area contributed by atoms with E-state index in [9.17, 15) is 4.79 Å². The molecule has 2 aromatic rings. The molecule has 5 nitrogen and oxygen atoms in total. The zero-order valence-corrected chi connectivity index (χ0v) is 9.27. The van der Waals surface area contributed by atoms with E-state index >= 15 is 0 Å². The second kappa shape index (κ2) is 4.32. The van der Waals surface area contributed by atoms with Gasteiger partial charge in [0.15, 0.2) is 0 Å². The van der Waals surface area contributed by atoms with Gasteiger partial charge in [-0.25, -0.2) is 9.97 Å².